The molecule has 162 valence electrons. The zero-order valence-electron chi connectivity index (χ0n) is 17.7. The minimum atomic E-state index is -0.622. The van der Waals surface area contributed by atoms with Gasteiger partial charge in [0.2, 0.25) is 5.75 Å². The second kappa shape index (κ2) is 7.33. The molecule has 4 aliphatic rings. The molecule has 0 aliphatic heterocycles. The number of benzene rings is 2. The Morgan fingerprint density at radius 1 is 1.19 bits per heavy atom. The lowest BCUT2D eigenvalue weighted by Gasteiger charge is -2.62. The predicted molar refractivity (Wildman–Crippen MR) is 122 cm³/mol. The van der Waals surface area contributed by atoms with E-state index >= 15 is 0 Å². The fourth-order valence-corrected chi connectivity index (χ4v) is 7.28. The lowest BCUT2D eigenvalue weighted by atomic mass is 9.43. The molecule has 31 heavy (non-hydrogen) atoms. The summed E-state index contributed by atoms with van der Waals surface area (Å²) in [5.41, 5.74) is 3.11. The van der Waals surface area contributed by atoms with Crippen molar-refractivity contribution >= 4 is 23.5 Å². The van der Waals surface area contributed by atoms with Gasteiger partial charge in [0, 0.05) is 29.4 Å². The van der Waals surface area contributed by atoms with Crippen LogP contribution < -0.4 is 0 Å². The van der Waals surface area contributed by atoms with Crippen molar-refractivity contribution in [1.29, 1.82) is 0 Å². The average molecular weight is 439 g/mol. The van der Waals surface area contributed by atoms with Crippen LogP contribution >= 0.6 is 11.6 Å². The molecule has 2 aromatic rings. The molecular formula is C25H27ClN2O3. The van der Waals surface area contributed by atoms with Gasteiger partial charge in [-0.15, -0.1) is 0 Å². The summed E-state index contributed by atoms with van der Waals surface area (Å²) in [5.74, 6) is 1.12. The number of aliphatic imine (C=N–C) groups is 1. The van der Waals surface area contributed by atoms with Crippen LogP contribution in [0.3, 0.4) is 0 Å². The van der Waals surface area contributed by atoms with Gasteiger partial charge >= 0.3 is 5.69 Å². The highest BCUT2D eigenvalue weighted by atomic mass is 35.5. The fraction of sp³-hybridized carbons (Fsp3) is 0.480. The van der Waals surface area contributed by atoms with Crippen molar-refractivity contribution in [2.45, 2.75) is 50.9 Å². The van der Waals surface area contributed by atoms with Crippen LogP contribution in [0.2, 0.25) is 5.02 Å². The number of halogens is 1. The molecular weight excluding hydrogens is 412 g/mol. The van der Waals surface area contributed by atoms with Crippen molar-refractivity contribution in [1.82, 2.24) is 0 Å². The van der Waals surface area contributed by atoms with Crippen molar-refractivity contribution in [3.8, 4) is 5.75 Å². The Balaban J connectivity index is 1.41. The molecule has 2 aromatic carbocycles. The molecule has 0 aromatic heterocycles. The third kappa shape index (κ3) is 3.63. The van der Waals surface area contributed by atoms with E-state index < -0.39 is 4.92 Å². The lowest BCUT2D eigenvalue weighted by molar-refractivity contribution is -0.385. The molecule has 0 radical (unpaired) electrons. The predicted octanol–water partition coefficient (Wildman–Crippen LogP) is 6.22. The third-order valence-corrected chi connectivity index (χ3v) is 8.00. The Kier molecular flexibility index (Phi) is 4.85. The summed E-state index contributed by atoms with van der Waals surface area (Å²) < 4.78 is 0. The van der Waals surface area contributed by atoms with Crippen molar-refractivity contribution in [3.05, 3.63) is 68.2 Å². The van der Waals surface area contributed by atoms with E-state index in [-0.39, 0.29) is 27.3 Å². The van der Waals surface area contributed by atoms with Crippen molar-refractivity contribution in [2.75, 3.05) is 6.54 Å². The van der Waals surface area contributed by atoms with Crippen LogP contribution in [0.4, 0.5) is 5.69 Å². The first-order valence-electron chi connectivity index (χ1n) is 11.0. The number of hydrogen-bond donors (Lipinski definition) is 1. The maximum absolute atomic E-state index is 11.2. The van der Waals surface area contributed by atoms with Crippen molar-refractivity contribution in [3.63, 3.8) is 0 Å². The van der Waals surface area contributed by atoms with Crippen molar-refractivity contribution in [2.24, 2.45) is 22.2 Å². The van der Waals surface area contributed by atoms with E-state index in [1.807, 2.05) is 0 Å². The summed E-state index contributed by atoms with van der Waals surface area (Å²) in [7, 11) is 0. The topological polar surface area (TPSA) is 75.7 Å². The van der Waals surface area contributed by atoms with Gasteiger partial charge in [-0.1, -0.05) is 41.4 Å². The van der Waals surface area contributed by atoms with Gasteiger partial charge in [-0.25, -0.2) is 0 Å². The number of phenols is 1. The Morgan fingerprint density at radius 2 is 1.87 bits per heavy atom. The van der Waals surface area contributed by atoms with Gasteiger partial charge in [0.1, 0.15) is 0 Å². The molecule has 6 heteroatoms. The number of nitrogens with zero attached hydrogens (tertiary/aromatic N) is 2. The summed E-state index contributed by atoms with van der Waals surface area (Å²) in [6.45, 7) is 2.82. The highest BCUT2D eigenvalue weighted by Crippen LogP contribution is 2.65. The standard InChI is InChI=1S/C25H27ClN2O3/c1-16-2-4-20(5-3-16)25-11-17-6-18(12-25)10-24(9-17,14-25)15-27-13-19-7-21(26)8-22(23(19)29)28(30)31/h2-5,7-8,13,17-18,29H,6,9-12,14-15H2,1H3. The summed E-state index contributed by atoms with van der Waals surface area (Å²) in [4.78, 5) is 15.2. The first-order valence-corrected chi connectivity index (χ1v) is 11.4. The number of aromatic hydroxyl groups is 1. The number of hydrogen-bond acceptors (Lipinski definition) is 4. The van der Waals surface area contributed by atoms with Crippen molar-refractivity contribution < 1.29 is 10.0 Å². The molecule has 6 rings (SSSR count). The maximum Gasteiger partial charge on any atom is 0.312 e. The molecule has 0 spiro atoms. The molecule has 0 amide bonds. The van der Waals surface area contributed by atoms with E-state index in [0.29, 0.717) is 12.1 Å². The maximum atomic E-state index is 11.2. The Labute approximate surface area is 187 Å². The smallest absolute Gasteiger partial charge is 0.312 e. The van der Waals surface area contributed by atoms with Crippen LogP contribution in [-0.4, -0.2) is 22.8 Å². The van der Waals surface area contributed by atoms with Crippen LogP contribution in [0, 0.1) is 34.3 Å². The normalized spacial score (nSPS) is 31.4. The Hall–Kier alpha value is -2.40. The van der Waals surface area contributed by atoms with E-state index in [2.05, 4.69) is 31.2 Å². The summed E-state index contributed by atoms with van der Waals surface area (Å²) >= 11 is 6.02. The van der Waals surface area contributed by atoms with Crippen LogP contribution in [0.25, 0.3) is 0 Å². The second-order valence-corrected chi connectivity index (χ2v) is 10.6. The van der Waals surface area contributed by atoms with Gasteiger partial charge in [0.05, 0.1) is 4.92 Å². The van der Waals surface area contributed by atoms with E-state index in [9.17, 15) is 15.2 Å². The monoisotopic (exact) mass is 438 g/mol. The third-order valence-electron chi connectivity index (χ3n) is 7.78. The number of nitro groups is 1. The number of aryl methyl sites for hydroxylation is 1. The number of rotatable bonds is 5. The zero-order valence-corrected chi connectivity index (χ0v) is 18.4. The van der Waals surface area contributed by atoms with E-state index in [1.165, 1.54) is 55.4 Å². The first kappa shape index (κ1) is 20.5. The molecule has 2 unspecified atom stereocenters. The van der Waals surface area contributed by atoms with E-state index in [1.54, 1.807) is 6.21 Å². The summed E-state index contributed by atoms with van der Waals surface area (Å²) in [6, 6.07) is 11.8. The van der Waals surface area contributed by atoms with E-state index in [4.69, 9.17) is 16.6 Å². The highest BCUT2D eigenvalue weighted by molar-refractivity contribution is 6.31. The molecule has 4 aliphatic carbocycles. The quantitative estimate of drug-likeness (QED) is 0.342. The van der Waals surface area contributed by atoms with Gasteiger partial charge < -0.3 is 5.11 Å². The molecule has 4 bridgehead atoms. The van der Waals surface area contributed by atoms with Gasteiger partial charge in [-0.3, -0.25) is 15.1 Å². The van der Waals surface area contributed by atoms with Gasteiger partial charge in [0.25, 0.3) is 0 Å². The van der Waals surface area contributed by atoms with Gasteiger partial charge in [0.15, 0.2) is 0 Å². The molecule has 2 atom stereocenters. The zero-order chi connectivity index (χ0) is 21.8. The van der Waals surface area contributed by atoms with Crippen LogP contribution in [-0.2, 0) is 5.41 Å². The Bertz CT molecular complexity index is 1050. The number of nitro benzene ring substituents is 1. The van der Waals surface area contributed by atoms with Crippen LogP contribution in [0.5, 0.6) is 5.75 Å². The SMILES string of the molecule is Cc1ccc(C23CC4CC(CC(CN=Cc5cc(Cl)cc([N+](=O)[O-])c5O)(C4)C2)C3)cc1. The average Bonchev–Trinajstić information content (AvgIpc) is 2.69. The lowest BCUT2D eigenvalue weighted by Crippen LogP contribution is -2.55. The number of phenolic OH excluding ortho intramolecular Hbond substituents is 1. The summed E-state index contributed by atoms with van der Waals surface area (Å²) in [5, 5.41) is 21.6. The highest BCUT2D eigenvalue weighted by Gasteiger charge is 2.57. The molecule has 4 fully saturated rings. The molecule has 1 N–H and O–H groups in total. The summed E-state index contributed by atoms with van der Waals surface area (Å²) in [6.07, 6.45) is 9.01. The first-order chi connectivity index (χ1) is 14.8. The minimum absolute atomic E-state index is 0.172. The van der Waals surface area contributed by atoms with Crippen LogP contribution in [0.1, 0.15) is 55.2 Å². The minimum Gasteiger partial charge on any atom is -0.502 e. The molecule has 5 nitrogen and oxygen atoms in total. The largest absolute Gasteiger partial charge is 0.502 e. The molecule has 4 saturated carbocycles. The van der Waals surface area contributed by atoms with E-state index in [0.717, 1.165) is 18.3 Å². The molecule has 0 saturated heterocycles. The van der Waals surface area contributed by atoms with Crippen LogP contribution in [0.15, 0.2) is 41.4 Å². The Morgan fingerprint density at radius 3 is 2.52 bits per heavy atom. The second-order valence-electron chi connectivity index (χ2n) is 10.2. The van der Waals surface area contributed by atoms with Gasteiger partial charge in [-0.2, -0.15) is 0 Å². The molecule has 0 heterocycles. The van der Waals surface area contributed by atoms with Gasteiger partial charge in [-0.05, 0) is 79.7 Å². The fourth-order valence-electron chi connectivity index (χ4n) is 7.06.